The van der Waals surface area contributed by atoms with Crippen LogP contribution in [0.1, 0.15) is 28.8 Å². The summed E-state index contributed by atoms with van der Waals surface area (Å²) in [5.41, 5.74) is 5.81. The van der Waals surface area contributed by atoms with Crippen LogP contribution in [0, 0.1) is 0 Å². The Morgan fingerprint density at radius 1 is 0.885 bits per heavy atom. The van der Waals surface area contributed by atoms with Crippen LogP contribution in [0.4, 0.5) is 0 Å². The molecule has 136 valence electrons. The smallest absolute Gasteiger partial charge is 0.306 e. The Balaban J connectivity index is 1.63. The van der Waals surface area contributed by atoms with E-state index in [1.54, 1.807) is 18.2 Å². The quantitative estimate of drug-likeness (QED) is 0.576. The maximum atomic E-state index is 11.9. The van der Waals surface area contributed by atoms with Crippen molar-refractivity contribution in [1.29, 1.82) is 0 Å². The fraction of sp³-hybridized carbons (Fsp3) is 0.211. The zero-order valence-electron chi connectivity index (χ0n) is 14.0. The standard InChI is InChI=1S/C19H19ClN2O4/c20-16-9-5-4-8-15(16)19(25)22-21-17(23)10-11-18(24)26-13-12-14-6-2-1-3-7-14/h1-9H,10-13H2,(H,21,23)(H,22,25). The lowest BCUT2D eigenvalue weighted by molar-refractivity contribution is -0.144. The molecule has 0 aliphatic heterocycles. The molecule has 0 atom stereocenters. The van der Waals surface area contributed by atoms with Crippen LogP contribution in [0.5, 0.6) is 0 Å². The molecule has 0 aromatic heterocycles. The summed E-state index contributed by atoms with van der Waals surface area (Å²) in [5, 5.41) is 0.279. The SMILES string of the molecule is O=C(CCC(=O)OCCc1ccccc1)NNC(=O)c1ccccc1Cl. The molecule has 2 aromatic carbocycles. The van der Waals surface area contributed by atoms with Gasteiger partial charge < -0.3 is 4.74 Å². The first-order valence-corrected chi connectivity index (χ1v) is 8.47. The van der Waals surface area contributed by atoms with Gasteiger partial charge in [0.1, 0.15) is 0 Å². The average Bonchev–Trinajstić information content (AvgIpc) is 2.65. The molecular formula is C19H19ClN2O4. The highest BCUT2D eigenvalue weighted by molar-refractivity contribution is 6.33. The summed E-state index contributed by atoms with van der Waals surface area (Å²) in [6.07, 6.45) is 0.461. The van der Waals surface area contributed by atoms with Crippen LogP contribution >= 0.6 is 11.6 Å². The Hall–Kier alpha value is -2.86. The molecule has 2 aromatic rings. The number of ether oxygens (including phenoxy) is 1. The number of hydrazine groups is 1. The molecule has 2 N–H and O–H groups in total. The van der Waals surface area contributed by atoms with Gasteiger partial charge >= 0.3 is 5.97 Å². The van der Waals surface area contributed by atoms with Crippen molar-refractivity contribution >= 4 is 29.4 Å². The number of amides is 2. The summed E-state index contributed by atoms with van der Waals surface area (Å²) in [4.78, 5) is 35.2. The van der Waals surface area contributed by atoms with E-state index in [1.165, 1.54) is 6.07 Å². The first kappa shape index (κ1) is 19.5. The minimum Gasteiger partial charge on any atom is -0.465 e. The van der Waals surface area contributed by atoms with Crippen LogP contribution in [0.15, 0.2) is 54.6 Å². The van der Waals surface area contributed by atoms with E-state index < -0.39 is 17.8 Å². The molecule has 0 saturated carbocycles. The fourth-order valence-corrected chi connectivity index (χ4v) is 2.34. The lowest BCUT2D eigenvalue weighted by Crippen LogP contribution is -2.41. The molecule has 0 bridgehead atoms. The molecule has 0 aliphatic rings. The zero-order valence-corrected chi connectivity index (χ0v) is 14.8. The lowest BCUT2D eigenvalue weighted by Gasteiger charge is -2.08. The van der Waals surface area contributed by atoms with E-state index in [4.69, 9.17) is 16.3 Å². The van der Waals surface area contributed by atoms with Gasteiger partial charge in [0, 0.05) is 12.8 Å². The maximum absolute atomic E-state index is 11.9. The van der Waals surface area contributed by atoms with Gasteiger partial charge in [-0.1, -0.05) is 54.1 Å². The number of nitrogens with one attached hydrogen (secondary N) is 2. The molecule has 2 rings (SSSR count). The van der Waals surface area contributed by atoms with E-state index in [-0.39, 0.29) is 30.0 Å². The third-order valence-corrected chi connectivity index (χ3v) is 3.82. The van der Waals surface area contributed by atoms with Gasteiger partial charge in [0.05, 0.1) is 23.6 Å². The summed E-state index contributed by atoms with van der Waals surface area (Å²) in [5.74, 6) is -1.49. The van der Waals surface area contributed by atoms with Crippen molar-refractivity contribution in [2.75, 3.05) is 6.61 Å². The van der Waals surface area contributed by atoms with Crippen molar-refractivity contribution in [3.05, 3.63) is 70.7 Å². The van der Waals surface area contributed by atoms with Crippen LogP contribution in [-0.4, -0.2) is 24.4 Å². The second-order valence-electron chi connectivity index (χ2n) is 5.44. The zero-order chi connectivity index (χ0) is 18.8. The van der Waals surface area contributed by atoms with Crippen LogP contribution in [-0.2, 0) is 20.7 Å². The van der Waals surface area contributed by atoms with Gasteiger partial charge in [-0.2, -0.15) is 0 Å². The predicted molar refractivity (Wildman–Crippen MR) is 97.4 cm³/mol. The van der Waals surface area contributed by atoms with Crippen molar-refractivity contribution < 1.29 is 19.1 Å². The number of hydrogen-bond acceptors (Lipinski definition) is 4. The fourth-order valence-electron chi connectivity index (χ4n) is 2.12. The summed E-state index contributed by atoms with van der Waals surface area (Å²) < 4.78 is 5.08. The number of esters is 1. The van der Waals surface area contributed by atoms with Gasteiger partial charge in [0.15, 0.2) is 0 Å². The number of benzene rings is 2. The molecule has 0 saturated heterocycles. The molecule has 0 heterocycles. The molecular weight excluding hydrogens is 356 g/mol. The largest absolute Gasteiger partial charge is 0.465 e. The maximum Gasteiger partial charge on any atom is 0.306 e. The van der Waals surface area contributed by atoms with Crippen molar-refractivity contribution in [3.63, 3.8) is 0 Å². The van der Waals surface area contributed by atoms with Gasteiger partial charge in [-0.3, -0.25) is 25.2 Å². The average molecular weight is 375 g/mol. The molecule has 0 aliphatic carbocycles. The molecule has 6 nitrogen and oxygen atoms in total. The summed E-state index contributed by atoms with van der Waals surface area (Å²) in [6.45, 7) is 0.258. The predicted octanol–water partition coefficient (Wildman–Crippen LogP) is 2.67. The molecule has 26 heavy (non-hydrogen) atoms. The molecule has 2 amide bonds. The highest BCUT2D eigenvalue weighted by atomic mass is 35.5. The van der Waals surface area contributed by atoms with E-state index >= 15 is 0 Å². The van der Waals surface area contributed by atoms with E-state index in [0.717, 1.165) is 5.56 Å². The van der Waals surface area contributed by atoms with E-state index in [1.807, 2.05) is 30.3 Å². The molecule has 0 radical (unpaired) electrons. The minimum absolute atomic E-state index is 0.0669. The topological polar surface area (TPSA) is 84.5 Å². The van der Waals surface area contributed by atoms with Gasteiger partial charge in [-0.15, -0.1) is 0 Å². The van der Waals surface area contributed by atoms with Crippen LogP contribution in [0.2, 0.25) is 5.02 Å². The highest BCUT2D eigenvalue weighted by Gasteiger charge is 2.12. The number of rotatable bonds is 7. The van der Waals surface area contributed by atoms with E-state index in [9.17, 15) is 14.4 Å². The Labute approximate surface area is 156 Å². The third-order valence-electron chi connectivity index (χ3n) is 3.49. The number of carbonyl (C=O) groups excluding carboxylic acids is 3. The lowest BCUT2D eigenvalue weighted by atomic mass is 10.2. The second-order valence-corrected chi connectivity index (χ2v) is 5.85. The van der Waals surface area contributed by atoms with E-state index in [2.05, 4.69) is 10.9 Å². The van der Waals surface area contributed by atoms with Crippen LogP contribution in [0.25, 0.3) is 0 Å². The van der Waals surface area contributed by atoms with Crippen molar-refractivity contribution in [2.24, 2.45) is 0 Å². The van der Waals surface area contributed by atoms with Gasteiger partial charge in [0.2, 0.25) is 5.91 Å². The summed E-state index contributed by atoms with van der Waals surface area (Å²) in [6, 6.07) is 16.1. The summed E-state index contributed by atoms with van der Waals surface area (Å²) >= 11 is 5.90. The Kier molecular flexibility index (Phi) is 7.64. The number of hydrogen-bond donors (Lipinski definition) is 2. The molecule has 0 unspecified atom stereocenters. The van der Waals surface area contributed by atoms with Gasteiger partial charge in [0.25, 0.3) is 5.91 Å². The van der Waals surface area contributed by atoms with E-state index in [0.29, 0.717) is 6.42 Å². The van der Waals surface area contributed by atoms with Crippen LogP contribution < -0.4 is 10.9 Å². The Morgan fingerprint density at radius 2 is 1.58 bits per heavy atom. The number of carbonyl (C=O) groups is 3. The Bertz CT molecular complexity index is 765. The third kappa shape index (κ3) is 6.57. The van der Waals surface area contributed by atoms with Crippen LogP contribution in [0.3, 0.4) is 0 Å². The van der Waals surface area contributed by atoms with Crippen molar-refractivity contribution in [1.82, 2.24) is 10.9 Å². The normalized spacial score (nSPS) is 10.0. The summed E-state index contributed by atoms with van der Waals surface area (Å²) in [7, 11) is 0. The first-order chi connectivity index (χ1) is 12.6. The highest BCUT2D eigenvalue weighted by Crippen LogP contribution is 2.14. The monoisotopic (exact) mass is 374 g/mol. The minimum atomic E-state index is -0.533. The van der Waals surface area contributed by atoms with Crippen molar-refractivity contribution in [2.45, 2.75) is 19.3 Å². The second kappa shape index (κ2) is 10.2. The molecule has 0 fully saturated rings. The number of halogens is 1. The van der Waals surface area contributed by atoms with Crippen molar-refractivity contribution in [3.8, 4) is 0 Å². The Morgan fingerprint density at radius 3 is 2.31 bits per heavy atom. The van der Waals surface area contributed by atoms with Gasteiger partial charge in [-0.25, -0.2) is 0 Å². The van der Waals surface area contributed by atoms with Gasteiger partial charge in [-0.05, 0) is 17.7 Å². The molecule has 7 heteroatoms. The first-order valence-electron chi connectivity index (χ1n) is 8.09. The molecule has 0 spiro atoms.